The van der Waals surface area contributed by atoms with Gasteiger partial charge in [0.05, 0.1) is 12.1 Å². The van der Waals surface area contributed by atoms with Gasteiger partial charge in [-0.1, -0.05) is 5.16 Å². The van der Waals surface area contributed by atoms with Crippen molar-refractivity contribution in [3.05, 3.63) is 17.5 Å². The van der Waals surface area contributed by atoms with Crippen LogP contribution >= 0.6 is 0 Å². The van der Waals surface area contributed by atoms with Crippen LogP contribution in [0.3, 0.4) is 0 Å². The molecule has 1 N–H and O–H groups in total. The van der Waals surface area contributed by atoms with E-state index in [9.17, 15) is 9.59 Å². The number of carbonyl (C=O) groups is 2. The summed E-state index contributed by atoms with van der Waals surface area (Å²) >= 11 is 0. The van der Waals surface area contributed by atoms with E-state index < -0.39 is 12.0 Å². The van der Waals surface area contributed by atoms with Gasteiger partial charge in [0, 0.05) is 12.6 Å². The Morgan fingerprint density at radius 2 is 2.33 bits per heavy atom. The van der Waals surface area contributed by atoms with Crippen LogP contribution in [0.1, 0.15) is 30.7 Å². The van der Waals surface area contributed by atoms with Crippen LogP contribution in [-0.4, -0.2) is 39.6 Å². The molecule has 0 aromatic carbocycles. The van der Waals surface area contributed by atoms with Crippen molar-refractivity contribution in [3.63, 3.8) is 0 Å². The highest BCUT2D eigenvalue weighted by Gasteiger charge is 2.31. The van der Waals surface area contributed by atoms with Crippen LogP contribution in [0.15, 0.2) is 10.6 Å². The number of aromatic nitrogens is 1. The van der Waals surface area contributed by atoms with E-state index in [4.69, 9.17) is 9.63 Å². The maximum Gasteiger partial charge on any atom is 0.326 e. The summed E-state index contributed by atoms with van der Waals surface area (Å²) in [5.41, 5.74) is 0.548. The molecule has 0 saturated carbocycles. The van der Waals surface area contributed by atoms with Gasteiger partial charge in [0.25, 0.3) is 0 Å². The second-order valence-corrected chi connectivity index (χ2v) is 4.54. The van der Waals surface area contributed by atoms with Crippen molar-refractivity contribution in [2.45, 2.75) is 38.6 Å². The Balaban J connectivity index is 2.04. The molecule has 1 aliphatic heterocycles. The lowest BCUT2D eigenvalue weighted by atomic mass is 10.0. The van der Waals surface area contributed by atoms with E-state index in [1.165, 1.54) is 4.90 Å². The van der Waals surface area contributed by atoms with Crippen LogP contribution in [-0.2, 0) is 16.0 Å². The van der Waals surface area contributed by atoms with Crippen LogP contribution in [0, 0.1) is 6.92 Å². The topological polar surface area (TPSA) is 83.6 Å². The summed E-state index contributed by atoms with van der Waals surface area (Å²) in [5.74, 6) is -0.485. The molecule has 18 heavy (non-hydrogen) atoms. The second-order valence-electron chi connectivity index (χ2n) is 4.54. The average Bonchev–Trinajstić information content (AvgIpc) is 2.74. The molecule has 2 heterocycles. The maximum absolute atomic E-state index is 12.1. The van der Waals surface area contributed by atoms with E-state index in [0.717, 1.165) is 12.8 Å². The van der Waals surface area contributed by atoms with Gasteiger partial charge in [0.1, 0.15) is 11.8 Å². The molecule has 1 saturated heterocycles. The molecule has 1 amide bonds. The first-order valence-electron chi connectivity index (χ1n) is 6.02. The highest BCUT2D eigenvalue weighted by atomic mass is 16.5. The number of carboxylic acids is 1. The Labute approximate surface area is 105 Å². The fraction of sp³-hybridized carbons (Fsp3) is 0.583. The Morgan fingerprint density at radius 1 is 1.56 bits per heavy atom. The predicted molar refractivity (Wildman–Crippen MR) is 61.9 cm³/mol. The van der Waals surface area contributed by atoms with Crippen LogP contribution in [0.2, 0.25) is 0 Å². The second kappa shape index (κ2) is 5.20. The highest BCUT2D eigenvalue weighted by Crippen LogP contribution is 2.18. The monoisotopic (exact) mass is 252 g/mol. The Bertz CT molecular complexity index is 455. The molecule has 0 bridgehead atoms. The number of aliphatic carboxylic acids is 1. The molecule has 2 rings (SSSR count). The number of rotatable bonds is 3. The summed E-state index contributed by atoms with van der Waals surface area (Å²) in [6.07, 6.45) is 2.33. The number of nitrogens with zero attached hydrogens (tertiary/aromatic N) is 2. The Morgan fingerprint density at radius 3 is 2.94 bits per heavy atom. The first-order chi connectivity index (χ1) is 8.58. The minimum absolute atomic E-state index is 0.0983. The van der Waals surface area contributed by atoms with Crippen LogP contribution in [0.4, 0.5) is 0 Å². The molecule has 6 heteroatoms. The first kappa shape index (κ1) is 12.6. The van der Waals surface area contributed by atoms with Gasteiger partial charge in [-0.25, -0.2) is 4.79 Å². The molecule has 0 spiro atoms. The minimum Gasteiger partial charge on any atom is -0.480 e. The molecule has 1 aliphatic rings. The lowest BCUT2D eigenvalue weighted by Gasteiger charge is -2.32. The third-order valence-corrected chi connectivity index (χ3v) is 3.12. The normalized spacial score (nSPS) is 19.8. The van der Waals surface area contributed by atoms with Gasteiger partial charge in [-0.05, 0) is 26.2 Å². The van der Waals surface area contributed by atoms with E-state index in [1.807, 2.05) is 0 Å². The number of hydrogen-bond acceptors (Lipinski definition) is 4. The summed E-state index contributed by atoms with van der Waals surface area (Å²) in [6, 6.07) is 0.997. The summed E-state index contributed by atoms with van der Waals surface area (Å²) in [6.45, 7) is 2.26. The van der Waals surface area contributed by atoms with Crippen LogP contribution < -0.4 is 0 Å². The van der Waals surface area contributed by atoms with Gasteiger partial charge in [-0.15, -0.1) is 0 Å². The van der Waals surface area contributed by atoms with Crippen molar-refractivity contribution in [3.8, 4) is 0 Å². The van der Waals surface area contributed by atoms with Crippen LogP contribution in [0.25, 0.3) is 0 Å². The standard InChI is InChI=1S/C12H16N2O4/c1-8-6-9(13-18-8)7-11(15)14-5-3-2-4-10(14)12(16)17/h6,10H,2-5,7H2,1H3,(H,16,17)/t10-/m1/s1. The number of aryl methyl sites for hydroxylation is 1. The van der Waals surface area contributed by atoms with Crippen molar-refractivity contribution in [2.75, 3.05) is 6.54 Å². The third kappa shape index (κ3) is 2.69. The maximum atomic E-state index is 12.1. The van der Waals surface area contributed by atoms with Crippen molar-refractivity contribution in [2.24, 2.45) is 0 Å². The zero-order chi connectivity index (χ0) is 13.1. The van der Waals surface area contributed by atoms with Gasteiger partial charge in [0.15, 0.2) is 0 Å². The fourth-order valence-electron chi connectivity index (χ4n) is 2.24. The minimum atomic E-state index is -0.931. The molecule has 0 radical (unpaired) electrons. The average molecular weight is 252 g/mol. The van der Waals surface area contributed by atoms with E-state index in [0.29, 0.717) is 24.4 Å². The number of amides is 1. The van der Waals surface area contributed by atoms with Gasteiger partial charge in [-0.3, -0.25) is 4.79 Å². The van der Waals surface area contributed by atoms with E-state index in [1.54, 1.807) is 13.0 Å². The van der Waals surface area contributed by atoms with Crippen molar-refractivity contribution in [1.82, 2.24) is 10.1 Å². The molecule has 0 unspecified atom stereocenters. The zero-order valence-electron chi connectivity index (χ0n) is 10.3. The molecule has 1 atom stereocenters. The van der Waals surface area contributed by atoms with E-state index >= 15 is 0 Å². The molecule has 1 aromatic heterocycles. The third-order valence-electron chi connectivity index (χ3n) is 3.12. The van der Waals surface area contributed by atoms with Crippen LogP contribution in [0.5, 0.6) is 0 Å². The summed E-state index contributed by atoms with van der Waals surface area (Å²) in [5, 5.41) is 12.9. The fourth-order valence-corrected chi connectivity index (χ4v) is 2.24. The molecular formula is C12H16N2O4. The van der Waals surface area contributed by atoms with E-state index in [2.05, 4.69) is 5.16 Å². The highest BCUT2D eigenvalue weighted by molar-refractivity contribution is 5.85. The summed E-state index contributed by atoms with van der Waals surface area (Å²) < 4.78 is 4.89. The molecule has 1 fully saturated rings. The number of piperidine rings is 1. The molecule has 6 nitrogen and oxygen atoms in total. The lowest BCUT2D eigenvalue weighted by molar-refractivity contribution is -0.151. The summed E-state index contributed by atoms with van der Waals surface area (Å²) in [7, 11) is 0. The van der Waals surface area contributed by atoms with Crippen molar-refractivity contribution in [1.29, 1.82) is 0 Å². The van der Waals surface area contributed by atoms with Gasteiger partial charge in [0.2, 0.25) is 5.91 Å². The Kier molecular flexibility index (Phi) is 3.64. The van der Waals surface area contributed by atoms with E-state index in [-0.39, 0.29) is 12.3 Å². The molecule has 98 valence electrons. The Hall–Kier alpha value is -1.85. The smallest absolute Gasteiger partial charge is 0.326 e. The number of likely N-dealkylation sites (tertiary alicyclic amines) is 1. The van der Waals surface area contributed by atoms with Crippen molar-refractivity contribution >= 4 is 11.9 Å². The number of carbonyl (C=O) groups excluding carboxylic acids is 1. The summed E-state index contributed by atoms with van der Waals surface area (Å²) in [4.78, 5) is 24.6. The van der Waals surface area contributed by atoms with Gasteiger partial charge >= 0.3 is 5.97 Å². The molecule has 1 aromatic rings. The molecular weight excluding hydrogens is 236 g/mol. The largest absolute Gasteiger partial charge is 0.480 e. The SMILES string of the molecule is Cc1cc(CC(=O)N2CCCC[C@@H]2C(=O)O)no1. The zero-order valence-corrected chi connectivity index (χ0v) is 10.3. The van der Waals surface area contributed by atoms with Gasteiger partial charge in [-0.2, -0.15) is 0 Å². The quantitative estimate of drug-likeness (QED) is 0.867. The molecule has 0 aliphatic carbocycles. The number of hydrogen-bond donors (Lipinski definition) is 1. The lowest BCUT2D eigenvalue weighted by Crippen LogP contribution is -2.48. The van der Waals surface area contributed by atoms with Gasteiger partial charge < -0.3 is 14.5 Å². The number of carboxylic acid groups (broad SMARTS) is 1. The predicted octanol–water partition coefficient (Wildman–Crippen LogP) is 0.991. The van der Waals surface area contributed by atoms with Crippen molar-refractivity contribution < 1.29 is 19.2 Å². The first-order valence-corrected chi connectivity index (χ1v) is 6.02.